The molecule has 8 heteroatoms. The lowest BCUT2D eigenvalue weighted by Crippen LogP contribution is -2.10. The van der Waals surface area contributed by atoms with Crippen LogP contribution < -0.4 is 10.5 Å². The Bertz CT molecular complexity index is 821. The maximum Gasteiger partial charge on any atom is 0.205 e. The van der Waals surface area contributed by atoms with E-state index in [9.17, 15) is 4.39 Å². The van der Waals surface area contributed by atoms with E-state index in [0.717, 1.165) is 11.3 Å². The minimum Gasteiger partial charge on any atom is -0.489 e. The van der Waals surface area contributed by atoms with Crippen molar-refractivity contribution in [2.24, 2.45) is 5.73 Å². The van der Waals surface area contributed by atoms with Gasteiger partial charge in [-0.3, -0.25) is 0 Å². The minimum atomic E-state index is 0. The van der Waals surface area contributed by atoms with Gasteiger partial charge in [-0.05, 0) is 41.6 Å². The largest absolute Gasteiger partial charge is 0.489 e. The van der Waals surface area contributed by atoms with Gasteiger partial charge in [-0.2, -0.15) is 0 Å². The molecule has 25 heavy (non-hydrogen) atoms. The molecular formula is C17H17ClFN5O. The van der Waals surface area contributed by atoms with Gasteiger partial charge in [0, 0.05) is 17.7 Å². The van der Waals surface area contributed by atoms with Crippen molar-refractivity contribution in [1.29, 1.82) is 0 Å². The van der Waals surface area contributed by atoms with Crippen molar-refractivity contribution >= 4 is 12.4 Å². The van der Waals surface area contributed by atoms with Crippen molar-refractivity contribution in [1.82, 2.24) is 20.2 Å². The monoisotopic (exact) mass is 361 g/mol. The molecule has 130 valence electrons. The fraction of sp³-hybridized carbons (Fsp3) is 0.118. The number of halogens is 2. The minimum absolute atomic E-state index is 0. The highest BCUT2D eigenvalue weighted by Gasteiger charge is 2.07. The Hall–Kier alpha value is -2.77. The molecule has 0 aliphatic rings. The van der Waals surface area contributed by atoms with Crippen LogP contribution in [0, 0.1) is 0 Å². The Morgan fingerprint density at radius 1 is 1.12 bits per heavy atom. The summed E-state index contributed by atoms with van der Waals surface area (Å²) in [6.07, 6.45) is 0.472. The molecule has 1 heterocycles. The molecule has 0 spiro atoms. The summed E-state index contributed by atoms with van der Waals surface area (Å²) in [6, 6.07) is 16.7. The van der Waals surface area contributed by atoms with E-state index in [-0.39, 0.29) is 25.6 Å². The zero-order valence-electron chi connectivity index (χ0n) is 13.2. The Kier molecular flexibility index (Phi) is 6.62. The van der Waals surface area contributed by atoms with Crippen LogP contribution in [-0.2, 0) is 0 Å². The highest BCUT2D eigenvalue weighted by Crippen LogP contribution is 2.19. The highest BCUT2D eigenvalue weighted by atomic mass is 35.5. The standard InChI is InChI=1S/C17H16FN5O.ClH/c18-10-13(11-19)12-24-16-8-6-14(7-9-16)17-20-22-23(21-17)15-4-2-1-3-5-15;/h1-10H,11-12,19H2;1H/b13-10+;. The second-order valence-corrected chi connectivity index (χ2v) is 5.02. The van der Waals surface area contributed by atoms with Crippen molar-refractivity contribution in [2.75, 3.05) is 13.2 Å². The molecule has 0 atom stereocenters. The van der Waals surface area contributed by atoms with Crippen molar-refractivity contribution in [3.8, 4) is 22.8 Å². The summed E-state index contributed by atoms with van der Waals surface area (Å²) in [4.78, 5) is 1.47. The summed E-state index contributed by atoms with van der Waals surface area (Å²) in [6.45, 7) is 0.246. The van der Waals surface area contributed by atoms with Gasteiger partial charge in [0.2, 0.25) is 5.82 Å². The molecule has 0 bridgehead atoms. The Labute approximate surface area is 150 Å². The Balaban J connectivity index is 0.00000225. The molecule has 0 saturated carbocycles. The molecule has 0 amide bonds. The Morgan fingerprint density at radius 2 is 1.84 bits per heavy atom. The lowest BCUT2D eigenvalue weighted by molar-refractivity contribution is 0.347. The maximum atomic E-state index is 12.4. The smallest absolute Gasteiger partial charge is 0.205 e. The van der Waals surface area contributed by atoms with Gasteiger partial charge < -0.3 is 10.5 Å². The van der Waals surface area contributed by atoms with Gasteiger partial charge in [0.25, 0.3) is 0 Å². The number of benzene rings is 2. The van der Waals surface area contributed by atoms with Crippen LogP contribution in [0.3, 0.4) is 0 Å². The van der Waals surface area contributed by atoms with Crippen LogP contribution in [0.1, 0.15) is 0 Å². The average molecular weight is 362 g/mol. The molecule has 0 aliphatic carbocycles. The third-order valence-electron chi connectivity index (χ3n) is 3.35. The molecule has 0 aliphatic heterocycles. The summed E-state index contributed by atoms with van der Waals surface area (Å²) in [5, 5.41) is 12.5. The third-order valence-corrected chi connectivity index (χ3v) is 3.35. The number of rotatable bonds is 6. The number of nitrogens with two attached hydrogens (primary N) is 1. The van der Waals surface area contributed by atoms with Crippen molar-refractivity contribution in [3.63, 3.8) is 0 Å². The topological polar surface area (TPSA) is 78.9 Å². The fourth-order valence-corrected chi connectivity index (χ4v) is 2.01. The van der Waals surface area contributed by atoms with Crippen LogP contribution in [0.4, 0.5) is 4.39 Å². The van der Waals surface area contributed by atoms with E-state index in [1.54, 1.807) is 12.1 Å². The molecule has 0 saturated heterocycles. The summed E-state index contributed by atoms with van der Waals surface area (Å²) in [5.41, 5.74) is 7.43. The molecule has 2 aromatic carbocycles. The first kappa shape index (κ1) is 18.6. The van der Waals surface area contributed by atoms with Gasteiger partial charge >= 0.3 is 0 Å². The van der Waals surface area contributed by atoms with Crippen LogP contribution >= 0.6 is 12.4 Å². The van der Waals surface area contributed by atoms with E-state index in [2.05, 4.69) is 15.4 Å². The third kappa shape index (κ3) is 4.62. The maximum absolute atomic E-state index is 12.4. The number of hydrogen-bond acceptors (Lipinski definition) is 5. The van der Waals surface area contributed by atoms with Crippen molar-refractivity contribution in [2.45, 2.75) is 0 Å². The van der Waals surface area contributed by atoms with E-state index >= 15 is 0 Å². The number of tetrazole rings is 1. The van der Waals surface area contributed by atoms with Crippen molar-refractivity contribution in [3.05, 3.63) is 66.5 Å². The molecule has 2 N–H and O–H groups in total. The van der Waals surface area contributed by atoms with Crippen LogP contribution in [-0.4, -0.2) is 33.4 Å². The van der Waals surface area contributed by atoms with Gasteiger partial charge in [-0.15, -0.1) is 27.4 Å². The number of aromatic nitrogens is 4. The Morgan fingerprint density at radius 3 is 2.48 bits per heavy atom. The summed E-state index contributed by atoms with van der Waals surface area (Å²) in [5.74, 6) is 1.12. The predicted octanol–water partition coefficient (Wildman–Crippen LogP) is 2.94. The quantitative estimate of drug-likeness (QED) is 0.730. The fourth-order valence-electron chi connectivity index (χ4n) is 2.01. The molecule has 0 unspecified atom stereocenters. The number of hydrogen-bond donors (Lipinski definition) is 1. The normalized spacial score (nSPS) is 11.0. The SMILES string of the molecule is Cl.NC/C(=C\F)COc1ccc(-c2nnn(-c3ccccc3)n2)cc1. The van der Waals surface area contributed by atoms with E-state index < -0.39 is 0 Å². The van der Waals surface area contributed by atoms with Crippen LogP contribution in [0.2, 0.25) is 0 Å². The zero-order chi connectivity index (χ0) is 16.8. The van der Waals surface area contributed by atoms with Crippen LogP contribution in [0.15, 0.2) is 66.5 Å². The number of nitrogens with zero attached hydrogens (tertiary/aromatic N) is 4. The molecule has 6 nitrogen and oxygen atoms in total. The van der Waals surface area contributed by atoms with Gasteiger partial charge in [0.15, 0.2) is 0 Å². The molecule has 3 aromatic rings. The highest BCUT2D eigenvalue weighted by molar-refractivity contribution is 5.85. The second kappa shape index (κ2) is 8.91. The van der Waals surface area contributed by atoms with Gasteiger partial charge in [0.1, 0.15) is 12.4 Å². The van der Waals surface area contributed by atoms with E-state index in [1.165, 1.54) is 4.80 Å². The van der Waals surface area contributed by atoms with Gasteiger partial charge in [-0.25, -0.2) is 4.39 Å². The lowest BCUT2D eigenvalue weighted by Gasteiger charge is -2.07. The molecule has 3 rings (SSSR count). The van der Waals surface area contributed by atoms with E-state index in [1.807, 2.05) is 42.5 Å². The zero-order valence-corrected chi connectivity index (χ0v) is 14.1. The van der Waals surface area contributed by atoms with E-state index in [0.29, 0.717) is 23.5 Å². The molecule has 0 radical (unpaired) electrons. The first-order valence-corrected chi connectivity index (χ1v) is 7.37. The molecule has 1 aromatic heterocycles. The first-order chi connectivity index (χ1) is 11.8. The first-order valence-electron chi connectivity index (χ1n) is 7.37. The van der Waals surface area contributed by atoms with Crippen LogP contribution in [0.25, 0.3) is 17.1 Å². The summed E-state index contributed by atoms with van der Waals surface area (Å²) >= 11 is 0. The van der Waals surface area contributed by atoms with E-state index in [4.69, 9.17) is 10.5 Å². The second-order valence-electron chi connectivity index (χ2n) is 5.02. The summed E-state index contributed by atoms with van der Waals surface area (Å²) in [7, 11) is 0. The van der Waals surface area contributed by atoms with Gasteiger partial charge in [-0.1, -0.05) is 18.2 Å². The van der Waals surface area contributed by atoms with Crippen molar-refractivity contribution < 1.29 is 9.13 Å². The number of ether oxygens (including phenoxy) is 1. The lowest BCUT2D eigenvalue weighted by atomic mass is 10.2. The van der Waals surface area contributed by atoms with Crippen LogP contribution in [0.5, 0.6) is 5.75 Å². The summed E-state index contributed by atoms with van der Waals surface area (Å²) < 4.78 is 17.9. The average Bonchev–Trinajstić information content (AvgIpc) is 3.14. The number of para-hydroxylation sites is 1. The molecular weight excluding hydrogens is 345 g/mol. The van der Waals surface area contributed by atoms with Gasteiger partial charge in [0.05, 0.1) is 12.0 Å². The molecule has 0 fully saturated rings. The predicted molar refractivity (Wildman–Crippen MR) is 95.6 cm³/mol.